The summed E-state index contributed by atoms with van der Waals surface area (Å²) >= 11 is 0. The zero-order chi connectivity index (χ0) is 26.9. The number of aliphatic hydroxyl groups excluding tert-OH is 1. The van der Waals surface area contributed by atoms with Gasteiger partial charge in [-0.05, 0) is 12.1 Å². The van der Waals surface area contributed by atoms with E-state index >= 15 is 0 Å². The van der Waals surface area contributed by atoms with Crippen LogP contribution in [0, 0.1) is 0 Å². The van der Waals surface area contributed by atoms with Crippen molar-refractivity contribution in [1.29, 1.82) is 0 Å². The summed E-state index contributed by atoms with van der Waals surface area (Å²) in [6, 6.07) is 20.8. The topological polar surface area (TPSA) is 147 Å². The Balaban J connectivity index is 1.62. The Morgan fingerprint density at radius 3 is 2.05 bits per heavy atom. The monoisotopic (exact) mass is 540 g/mol. The third-order valence-electron chi connectivity index (χ3n) is 6.59. The van der Waals surface area contributed by atoms with Crippen molar-refractivity contribution in [2.45, 2.75) is 42.2 Å². The van der Waals surface area contributed by atoms with Crippen LogP contribution < -0.4 is 5.73 Å². The van der Waals surface area contributed by atoms with Crippen LogP contribution in [-0.4, -0.2) is 61.7 Å². The number of sulfone groups is 1. The molecule has 2 aliphatic heterocycles. The number of primary amides is 1. The maximum absolute atomic E-state index is 13.3. The summed E-state index contributed by atoms with van der Waals surface area (Å²) in [6.07, 6.45) is -3.36. The number of rotatable bonds is 7. The molecule has 7 atom stereocenters. The van der Waals surface area contributed by atoms with Gasteiger partial charge in [0.1, 0.15) is 29.7 Å². The molecule has 5 rings (SSSR count). The van der Waals surface area contributed by atoms with E-state index < -0.39 is 64.6 Å². The first-order valence-electron chi connectivity index (χ1n) is 12.0. The second-order valence-corrected chi connectivity index (χ2v) is 11.4. The number of nitrogens with two attached hydrogens (primary N) is 1. The Morgan fingerprint density at radius 1 is 0.921 bits per heavy atom. The molecule has 7 unspecified atom stereocenters. The van der Waals surface area contributed by atoms with Gasteiger partial charge in [-0.25, -0.2) is 8.42 Å². The highest BCUT2D eigenvalue weighted by molar-refractivity contribution is 7.91. The molecule has 1 aromatic heterocycles. The van der Waals surface area contributed by atoms with Crippen LogP contribution in [0.15, 0.2) is 79.0 Å². The van der Waals surface area contributed by atoms with Gasteiger partial charge in [0, 0.05) is 29.1 Å². The molecule has 3 heterocycles. The third-order valence-corrected chi connectivity index (χ3v) is 8.03. The van der Waals surface area contributed by atoms with Gasteiger partial charge < -0.3 is 29.8 Å². The van der Waals surface area contributed by atoms with E-state index in [1.54, 1.807) is 36.4 Å². The van der Waals surface area contributed by atoms with Gasteiger partial charge in [-0.3, -0.25) is 9.78 Å². The number of fused-ring (bicyclic) bond motifs is 1. The van der Waals surface area contributed by atoms with Gasteiger partial charge in [-0.2, -0.15) is 0 Å². The lowest BCUT2D eigenvalue weighted by atomic mass is 9.94. The fraction of sp³-hybridized carbons (Fsp3) is 0.333. The van der Waals surface area contributed by atoms with Crippen molar-refractivity contribution < 1.29 is 37.3 Å². The number of aromatic nitrogens is 1. The molecule has 0 radical (unpaired) electrons. The molecule has 200 valence electrons. The molecule has 2 fully saturated rings. The summed E-state index contributed by atoms with van der Waals surface area (Å²) in [7, 11) is -3.90. The van der Waals surface area contributed by atoms with Gasteiger partial charge in [-0.15, -0.1) is 0 Å². The molecule has 2 saturated heterocycles. The standard InChI is InChI=1S/C27H28N2O8S/c1-38(32,33)24(19-14-18(25(28)31)12-13-29-19)23-22-21(35-27(37-23)17-10-6-3-7-11-17)20(15-30)34-26(36-22)16-8-4-2-5-9-16/h2-14,20-24,26-27,30H,15H2,1H3,(H2,28,31). The number of nitrogens with zero attached hydrogens (tertiary/aromatic N) is 1. The molecule has 3 aromatic rings. The molecule has 0 bridgehead atoms. The number of carbonyl (C=O) groups excluding carboxylic acids is 1. The van der Waals surface area contributed by atoms with Crippen molar-refractivity contribution >= 4 is 15.7 Å². The largest absolute Gasteiger partial charge is 0.394 e. The van der Waals surface area contributed by atoms with Gasteiger partial charge >= 0.3 is 0 Å². The first-order valence-corrected chi connectivity index (χ1v) is 14.0. The number of ether oxygens (including phenoxy) is 4. The molecule has 1 amide bonds. The van der Waals surface area contributed by atoms with Crippen molar-refractivity contribution in [2.24, 2.45) is 5.73 Å². The lowest BCUT2D eigenvalue weighted by Crippen LogP contribution is -2.61. The summed E-state index contributed by atoms with van der Waals surface area (Å²) < 4.78 is 51.6. The fourth-order valence-electron chi connectivity index (χ4n) is 4.84. The molecule has 0 spiro atoms. The highest BCUT2D eigenvalue weighted by Crippen LogP contribution is 2.45. The van der Waals surface area contributed by atoms with E-state index in [-0.39, 0.29) is 11.3 Å². The van der Waals surface area contributed by atoms with Crippen LogP contribution in [-0.2, 0) is 28.8 Å². The fourth-order valence-corrected chi connectivity index (χ4v) is 6.11. The smallest absolute Gasteiger partial charge is 0.248 e. The van der Waals surface area contributed by atoms with Crippen LogP contribution in [0.2, 0.25) is 0 Å². The molecule has 3 N–H and O–H groups in total. The van der Waals surface area contributed by atoms with E-state index in [1.165, 1.54) is 18.3 Å². The van der Waals surface area contributed by atoms with E-state index in [2.05, 4.69) is 4.98 Å². The third kappa shape index (κ3) is 5.35. The van der Waals surface area contributed by atoms with Crippen LogP contribution in [0.4, 0.5) is 0 Å². The number of benzene rings is 2. The summed E-state index contributed by atoms with van der Waals surface area (Å²) in [6.45, 7) is -0.402. The normalized spacial score (nSPS) is 28.3. The van der Waals surface area contributed by atoms with Gasteiger partial charge in [0.25, 0.3) is 0 Å². The minimum Gasteiger partial charge on any atom is -0.394 e. The first kappa shape index (κ1) is 26.4. The zero-order valence-electron chi connectivity index (χ0n) is 20.5. The van der Waals surface area contributed by atoms with Crippen molar-refractivity contribution in [2.75, 3.05) is 12.9 Å². The number of pyridine rings is 1. The van der Waals surface area contributed by atoms with Crippen molar-refractivity contribution in [3.05, 3.63) is 101 Å². The van der Waals surface area contributed by atoms with Gasteiger partial charge in [0.2, 0.25) is 5.91 Å². The van der Waals surface area contributed by atoms with Crippen LogP contribution in [0.3, 0.4) is 0 Å². The number of hydrogen-bond donors (Lipinski definition) is 2. The maximum atomic E-state index is 13.3. The molecule has 2 aliphatic rings. The molecule has 38 heavy (non-hydrogen) atoms. The molecule has 0 saturated carbocycles. The summed E-state index contributed by atoms with van der Waals surface area (Å²) in [5.41, 5.74) is 6.96. The van der Waals surface area contributed by atoms with Gasteiger partial charge in [-0.1, -0.05) is 60.7 Å². The SMILES string of the molecule is CS(=O)(=O)C(c1cc(C(N)=O)ccn1)C1OC(c2ccccc2)OC2C(CO)OC(c3ccccc3)OC21. The first-order chi connectivity index (χ1) is 18.3. The maximum Gasteiger partial charge on any atom is 0.248 e. The Kier molecular flexibility index (Phi) is 7.57. The van der Waals surface area contributed by atoms with Crippen molar-refractivity contribution in [3.8, 4) is 0 Å². The molecule has 0 aliphatic carbocycles. The second-order valence-electron chi connectivity index (χ2n) is 9.23. The molecule has 2 aromatic carbocycles. The van der Waals surface area contributed by atoms with E-state index in [0.717, 1.165) is 6.26 Å². The average Bonchev–Trinajstić information content (AvgIpc) is 2.93. The van der Waals surface area contributed by atoms with E-state index in [0.29, 0.717) is 11.1 Å². The summed E-state index contributed by atoms with van der Waals surface area (Å²) in [4.78, 5) is 16.1. The van der Waals surface area contributed by atoms with Crippen LogP contribution >= 0.6 is 0 Å². The van der Waals surface area contributed by atoms with Crippen LogP contribution in [0.5, 0.6) is 0 Å². The summed E-state index contributed by atoms with van der Waals surface area (Å²) in [5.74, 6) is -0.722. The van der Waals surface area contributed by atoms with Crippen molar-refractivity contribution in [3.63, 3.8) is 0 Å². The Hall–Kier alpha value is -3.19. The van der Waals surface area contributed by atoms with Crippen LogP contribution in [0.25, 0.3) is 0 Å². The zero-order valence-corrected chi connectivity index (χ0v) is 21.3. The highest BCUT2D eigenvalue weighted by Gasteiger charge is 2.54. The number of hydrogen-bond acceptors (Lipinski definition) is 9. The Morgan fingerprint density at radius 2 is 1.50 bits per heavy atom. The lowest BCUT2D eigenvalue weighted by Gasteiger charge is -2.50. The molecule has 10 nitrogen and oxygen atoms in total. The number of aliphatic hydroxyl groups is 1. The van der Waals surface area contributed by atoms with Crippen molar-refractivity contribution in [1.82, 2.24) is 4.98 Å². The van der Waals surface area contributed by atoms with Gasteiger partial charge in [0.15, 0.2) is 22.4 Å². The molecule has 11 heteroatoms. The van der Waals surface area contributed by atoms with E-state index in [4.69, 9.17) is 24.7 Å². The second kappa shape index (κ2) is 10.9. The number of carbonyl (C=O) groups is 1. The Bertz CT molecular complexity index is 1370. The molecular formula is C27H28N2O8S. The minimum atomic E-state index is -3.90. The quantitative estimate of drug-likeness (QED) is 0.460. The highest BCUT2D eigenvalue weighted by atomic mass is 32.2. The predicted octanol–water partition coefficient (Wildman–Crippen LogP) is 2.22. The van der Waals surface area contributed by atoms with E-state index in [1.807, 2.05) is 24.3 Å². The van der Waals surface area contributed by atoms with Crippen LogP contribution in [0.1, 0.15) is 45.0 Å². The average molecular weight is 541 g/mol. The lowest BCUT2D eigenvalue weighted by molar-refractivity contribution is -0.385. The Labute approximate surface area is 220 Å². The van der Waals surface area contributed by atoms with E-state index in [9.17, 15) is 18.3 Å². The van der Waals surface area contributed by atoms with Gasteiger partial charge in [0.05, 0.1) is 12.3 Å². The molecular weight excluding hydrogens is 512 g/mol. The summed E-state index contributed by atoms with van der Waals surface area (Å²) in [5, 5.41) is 8.92. The minimum absolute atomic E-state index is 0.0770. The predicted molar refractivity (Wildman–Crippen MR) is 135 cm³/mol. The number of amides is 1.